The molecule has 1 aromatic carbocycles. The van der Waals surface area contributed by atoms with Gasteiger partial charge in [0.05, 0.1) is 10.7 Å². The summed E-state index contributed by atoms with van der Waals surface area (Å²) < 4.78 is 31.7. The number of amides is 1. The van der Waals surface area contributed by atoms with E-state index in [0.717, 1.165) is 27.4 Å². The molecule has 1 fully saturated rings. The molecule has 0 bridgehead atoms. The molecule has 5 nitrogen and oxygen atoms in total. The molecule has 118 valence electrons. The van der Waals surface area contributed by atoms with Crippen molar-refractivity contribution in [3.05, 3.63) is 39.2 Å². The smallest absolute Gasteiger partial charge is 0.266 e. The molecule has 1 aliphatic rings. The Kier molecular flexibility index (Phi) is 5.44. The molecule has 0 unspecified atom stereocenters. The Labute approximate surface area is 146 Å². The fourth-order valence-electron chi connectivity index (χ4n) is 1.86. The van der Waals surface area contributed by atoms with Gasteiger partial charge in [-0.3, -0.25) is 14.2 Å². The topological polar surface area (TPSA) is 74.7 Å². The van der Waals surface area contributed by atoms with E-state index in [1.165, 1.54) is 4.90 Å². The largest absolute Gasteiger partial charge is 0.292 e. The van der Waals surface area contributed by atoms with E-state index in [0.29, 0.717) is 9.23 Å². The molecule has 1 saturated heterocycles. The second-order valence-electron chi connectivity index (χ2n) is 4.57. The monoisotopic (exact) mass is 421 g/mol. The lowest BCUT2D eigenvalue weighted by Crippen LogP contribution is -2.32. The van der Waals surface area contributed by atoms with Crippen LogP contribution in [0.5, 0.6) is 0 Å². The molecule has 0 atom stereocenters. The predicted molar refractivity (Wildman–Crippen MR) is 95.1 cm³/mol. The third-order valence-corrected chi connectivity index (χ3v) is 5.82. The first-order valence-electron chi connectivity index (χ1n) is 6.14. The average Bonchev–Trinajstić information content (AvgIpc) is 2.71. The number of hydrogen-bond acceptors (Lipinski definition) is 5. The third kappa shape index (κ3) is 4.17. The Balaban J connectivity index is 2.26. The van der Waals surface area contributed by atoms with Crippen molar-refractivity contribution in [3.8, 4) is 0 Å². The van der Waals surface area contributed by atoms with E-state index >= 15 is 0 Å². The molecule has 2 rings (SSSR count). The van der Waals surface area contributed by atoms with Crippen LogP contribution in [0.1, 0.15) is 12.5 Å². The number of benzene rings is 1. The molecule has 22 heavy (non-hydrogen) atoms. The molecule has 9 heteroatoms. The Hall–Kier alpha value is -0.740. The normalized spacial score (nSPS) is 18.0. The molecule has 1 N–H and O–H groups in total. The van der Waals surface area contributed by atoms with Crippen molar-refractivity contribution < 1.29 is 17.8 Å². The van der Waals surface area contributed by atoms with Gasteiger partial charge in [0.25, 0.3) is 16.0 Å². The van der Waals surface area contributed by atoms with Crippen LogP contribution in [-0.2, 0) is 14.9 Å². The number of carbonyl (C=O) groups excluding carboxylic acids is 1. The van der Waals surface area contributed by atoms with E-state index in [1.54, 1.807) is 0 Å². The SMILES string of the molecule is C/C(=C1\SC(=S)N(CCS(=O)(=O)O)C1=O)c1ccc(Br)cc1. The van der Waals surface area contributed by atoms with Gasteiger partial charge in [0.2, 0.25) is 0 Å². The number of rotatable bonds is 4. The van der Waals surface area contributed by atoms with Gasteiger partial charge in [0.15, 0.2) is 0 Å². The fourth-order valence-corrected chi connectivity index (χ4v) is 3.89. The highest BCUT2D eigenvalue weighted by molar-refractivity contribution is 9.10. The number of carbonyl (C=O) groups is 1. The molecule has 0 aromatic heterocycles. The van der Waals surface area contributed by atoms with Crippen LogP contribution in [0.4, 0.5) is 0 Å². The molecule has 1 aromatic rings. The van der Waals surface area contributed by atoms with Crippen LogP contribution in [0.25, 0.3) is 5.57 Å². The maximum Gasteiger partial charge on any atom is 0.266 e. The first-order valence-corrected chi connectivity index (χ1v) is 9.77. The summed E-state index contributed by atoms with van der Waals surface area (Å²) in [4.78, 5) is 14.1. The van der Waals surface area contributed by atoms with Crippen LogP contribution >= 0.6 is 39.9 Å². The minimum Gasteiger partial charge on any atom is -0.292 e. The minimum atomic E-state index is -4.14. The second kappa shape index (κ2) is 6.79. The second-order valence-corrected chi connectivity index (χ2v) is 8.70. The number of halogens is 1. The summed E-state index contributed by atoms with van der Waals surface area (Å²) in [6.45, 7) is 1.67. The van der Waals surface area contributed by atoms with Gasteiger partial charge in [0, 0.05) is 11.0 Å². The van der Waals surface area contributed by atoms with Crippen LogP contribution in [-0.4, -0.2) is 40.4 Å². The third-order valence-electron chi connectivity index (χ3n) is 3.04. The highest BCUT2D eigenvalue weighted by atomic mass is 79.9. The summed E-state index contributed by atoms with van der Waals surface area (Å²) in [6, 6.07) is 7.50. The van der Waals surface area contributed by atoms with Gasteiger partial charge in [-0.15, -0.1) is 0 Å². The van der Waals surface area contributed by atoms with Gasteiger partial charge >= 0.3 is 0 Å². The van der Waals surface area contributed by atoms with Gasteiger partial charge in [-0.05, 0) is 30.2 Å². The zero-order valence-electron chi connectivity index (χ0n) is 11.4. The van der Waals surface area contributed by atoms with Gasteiger partial charge in [-0.2, -0.15) is 8.42 Å². The molecule has 0 aliphatic carbocycles. The van der Waals surface area contributed by atoms with Crippen molar-refractivity contribution >= 4 is 65.8 Å². The highest BCUT2D eigenvalue weighted by Gasteiger charge is 2.34. The first kappa shape index (κ1) is 17.6. The summed E-state index contributed by atoms with van der Waals surface area (Å²) in [5, 5.41) is 0. The van der Waals surface area contributed by atoms with E-state index in [-0.39, 0.29) is 12.5 Å². The van der Waals surface area contributed by atoms with Crippen LogP contribution in [0, 0.1) is 0 Å². The summed E-state index contributed by atoms with van der Waals surface area (Å²) in [5.41, 5.74) is 1.66. The predicted octanol–water partition coefficient (Wildman–Crippen LogP) is 2.93. The van der Waals surface area contributed by atoms with Gasteiger partial charge in [0.1, 0.15) is 4.32 Å². The maximum absolute atomic E-state index is 12.4. The van der Waals surface area contributed by atoms with Gasteiger partial charge in [-0.25, -0.2) is 0 Å². The fraction of sp³-hybridized carbons (Fsp3) is 0.231. The van der Waals surface area contributed by atoms with Crippen molar-refractivity contribution in [2.45, 2.75) is 6.92 Å². The molecule has 1 amide bonds. The zero-order chi connectivity index (χ0) is 16.5. The van der Waals surface area contributed by atoms with Gasteiger partial charge in [-0.1, -0.05) is 52.0 Å². The van der Waals surface area contributed by atoms with Crippen LogP contribution in [0.3, 0.4) is 0 Å². The van der Waals surface area contributed by atoms with E-state index in [9.17, 15) is 13.2 Å². The number of thioether (sulfide) groups is 1. The molecular formula is C13H12BrNO4S3. The van der Waals surface area contributed by atoms with Gasteiger partial charge < -0.3 is 0 Å². The lowest BCUT2D eigenvalue weighted by Gasteiger charge is -2.13. The molecule has 1 aliphatic heterocycles. The number of allylic oxidation sites excluding steroid dienone is 1. The van der Waals surface area contributed by atoms with Crippen molar-refractivity contribution in [2.75, 3.05) is 12.3 Å². The van der Waals surface area contributed by atoms with E-state index < -0.39 is 15.9 Å². The average molecular weight is 422 g/mol. The van der Waals surface area contributed by atoms with E-state index in [4.69, 9.17) is 16.8 Å². The summed E-state index contributed by atoms with van der Waals surface area (Å²) >= 11 is 9.61. The summed E-state index contributed by atoms with van der Waals surface area (Å²) in [6.07, 6.45) is 0. The van der Waals surface area contributed by atoms with E-state index in [1.807, 2.05) is 31.2 Å². The molecule has 1 heterocycles. The summed E-state index contributed by atoms with van der Waals surface area (Å²) in [5.74, 6) is -0.872. The Morgan fingerprint density at radius 1 is 1.36 bits per heavy atom. The Morgan fingerprint density at radius 3 is 2.50 bits per heavy atom. The van der Waals surface area contributed by atoms with Crippen molar-refractivity contribution in [1.82, 2.24) is 4.90 Å². The Morgan fingerprint density at radius 2 is 1.95 bits per heavy atom. The van der Waals surface area contributed by atoms with Crippen LogP contribution in [0.15, 0.2) is 33.6 Å². The molecule has 0 radical (unpaired) electrons. The Bertz CT molecular complexity index is 756. The highest BCUT2D eigenvalue weighted by Crippen LogP contribution is 2.36. The number of nitrogens with zero attached hydrogens (tertiary/aromatic N) is 1. The molecule has 0 saturated carbocycles. The van der Waals surface area contributed by atoms with Crippen molar-refractivity contribution in [2.24, 2.45) is 0 Å². The lowest BCUT2D eigenvalue weighted by molar-refractivity contribution is -0.121. The van der Waals surface area contributed by atoms with Crippen LogP contribution < -0.4 is 0 Å². The first-order chi connectivity index (χ1) is 10.2. The zero-order valence-corrected chi connectivity index (χ0v) is 15.5. The lowest BCUT2D eigenvalue weighted by atomic mass is 10.1. The summed E-state index contributed by atoms with van der Waals surface area (Å²) in [7, 11) is -4.14. The van der Waals surface area contributed by atoms with Crippen molar-refractivity contribution in [3.63, 3.8) is 0 Å². The van der Waals surface area contributed by atoms with Crippen molar-refractivity contribution in [1.29, 1.82) is 0 Å². The standard InChI is InChI=1S/C13H12BrNO4S3/c1-8(9-2-4-10(14)5-3-9)11-12(16)15(13(20)21-11)6-7-22(17,18)19/h2-5H,6-7H2,1H3,(H,17,18,19)/b11-8+. The van der Waals surface area contributed by atoms with Crippen LogP contribution in [0.2, 0.25) is 0 Å². The molecular weight excluding hydrogens is 410 g/mol. The maximum atomic E-state index is 12.4. The number of thiocarbonyl (C=S) groups is 1. The quantitative estimate of drug-likeness (QED) is 0.457. The number of hydrogen-bond donors (Lipinski definition) is 1. The molecule has 0 spiro atoms. The van der Waals surface area contributed by atoms with E-state index in [2.05, 4.69) is 15.9 Å². The minimum absolute atomic E-state index is 0.152.